The molecule has 2 heterocycles. The third kappa shape index (κ3) is 3.51. The molecule has 3 rings (SSSR count). The first-order valence-corrected chi connectivity index (χ1v) is 8.47. The number of ether oxygens (including phenoxy) is 1. The number of carbonyl (C=O) groups excluding carboxylic acids is 1. The molecule has 0 saturated heterocycles. The average Bonchev–Trinajstić information content (AvgIpc) is 2.98. The number of hydrogen-bond donors (Lipinski definition) is 2. The van der Waals surface area contributed by atoms with E-state index in [1.807, 2.05) is 13.0 Å². The topological polar surface area (TPSA) is 97.5 Å². The highest BCUT2D eigenvalue weighted by Gasteiger charge is 2.36. The number of hydrogen-bond acceptors (Lipinski definition) is 6. The second-order valence-electron chi connectivity index (χ2n) is 6.38. The molecule has 1 aliphatic carbocycles. The zero-order chi connectivity index (χ0) is 18.0. The maximum Gasteiger partial charge on any atom is 0.257 e. The highest BCUT2D eigenvalue weighted by molar-refractivity contribution is 5.96. The van der Waals surface area contributed by atoms with Crippen LogP contribution in [0.1, 0.15) is 53.2 Å². The molecule has 0 radical (unpaired) electrons. The fourth-order valence-electron chi connectivity index (χ4n) is 3.24. The summed E-state index contributed by atoms with van der Waals surface area (Å²) >= 11 is 0. The Morgan fingerprint density at radius 3 is 2.80 bits per heavy atom. The Hall–Kier alpha value is -2.41. The lowest BCUT2D eigenvalue weighted by atomic mass is 9.75. The summed E-state index contributed by atoms with van der Waals surface area (Å²) in [5.41, 5.74) is 2.03. The first-order chi connectivity index (χ1) is 12.0. The Balaban J connectivity index is 1.84. The van der Waals surface area contributed by atoms with Crippen LogP contribution in [0.15, 0.2) is 22.9 Å². The van der Waals surface area contributed by atoms with Gasteiger partial charge in [-0.15, -0.1) is 0 Å². The number of rotatable bonds is 6. The molecule has 1 aliphatic rings. The summed E-state index contributed by atoms with van der Waals surface area (Å²) in [5, 5.41) is 16.7. The van der Waals surface area contributed by atoms with Crippen LogP contribution in [0.4, 0.5) is 0 Å². The summed E-state index contributed by atoms with van der Waals surface area (Å²) < 4.78 is 10.3. The quantitative estimate of drug-likeness (QED) is 0.833. The standard InChI is InChI=1S/C18H23N3O4/c1-4-14-16(10(2)25-21-14)18(23)20-17(12-7-13(22)8-12)11-5-6-15(24-3)19-9-11/h5-6,9,12-13,17,22H,4,7-8H2,1-3H3,(H,20,23)/t12?,13?,17-/m0/s1. The van der Waals surface area contributed by atoms with Gasteiger partial charge in [-0.2, -0.15) is 0 Å². The van der Waals surface area contributed by atoms with Crippen LogP contribution in [0.5, 0.6) is 5.88 Å². The van der Waals surface area contributed by atoms with Gasteiger partial charge in [0.25, 0.3) is 5.91 Å². The SMILES string of the molecule is CCc1noc(C)c1C(=O)N[C@@H](c1ccc(OC)nc1)C1CC(O)C1. The second-order valence-corrected chi connectivity index (χ2v) is 6.38. The number of carbonyl (C=O) groups is 1. The van der Waals surface area contributed by atoms with Gasteiger partial charge in [-0.25, -0.2) is 4.98 Å². The molecule has 0 bridgehead atoms. The Bertz CT molecular complexity index is 735. The molecule has 2 aromatic heterocycles. The lowest BCUT2D eigenvalue weighted by Gasteiger charge is -2.38. The third-order valence-corrected chi connectivity index (χ3v) is 4.73. The molecule has 1 atom stereocenters. The van der Waals surface area contributed by atoms with Crippen molar-refractivity contribution in [3.05, 3.63) is 40.9 Å². The summed E-state index contributed by atoms with van der Waals surface area (Å²) in [6, 6.07) is 3.43. The van der Waals surface area contributed by atoms with Gasteiger partial charge in [0.05, 0.1) is 24.9 Å². The molecule has 2 aromatic rings. The molecule has 7 heteroatoms. The van der Waals surface area contributed by atoms with E-state index in [0.29, 0.717) is 42.2 Å². The lowest BCUT2D eigenvalue weighted by molar-refractivity contribution is 0.0234. The van der Waals surface area contributed by atoms with Gasteiger partial charge in [0.1, 0.15) is 11.3 Å². The van der Waals surface area contributed by atoms with E-state index >= 15 is 0 Å². The Morgan fingerprint density at radius 2 is 2.24 bits per heavy atom. The molecule has 2 N–H and O–H groups in total. The fraction of sp³-hybridized carbons (Fsp3) is 0.500. The zero-order valence-electron chi connectivity index (χ0n) is 14.7. The van der Waals surface area contributed by atoms with Gasteiger partial charge < -0.3 is 19.7 Å². The number of aliphatic hydroxyl groups is 1. The number of methoxy groups -OCH3 is 1. The molecule has 1 saturated carbocycles. The molecule has 1 amide bonds. The normalized spacial score (nSPS) is 20.6. The Morgan fingerprint density at radius 1 is 1.48 bits per heavy atom. The van der Waals surface area contributed by atoms with E-state index in [2.05, 4.69) is 15.5 Å². The average molecular weight is 345 g/mol. The van der Waals surface area contributed by atoms with Gasteiger partial charge in [0.15, 0.2) is 0 Å². The van der Waals surface area contributed by atoms with Crippen molar-refractivity contribution in [1.82, 2.24) is 15.5 Å². The summed E-state index contributed by atoms with van der Waals surface area (Å²) in [6.45, 7) is 3.67. The minimum Gasteiger partial charge on any atom is -0.481 e. The van der Waals surface area contributed by atoms with Crippen LogP contribution in [0.25, 0.3) is 0 Å². The monoisotopic (exact) mass is 345 g/mol. The zero-order valence-corrected chi connectivity index (χ0v) is 14.7. The van der Waals surface area contributed by atoms with Crippen molar-refractivity contribution in [2.24, 2.45) is 5.92 Å². The van der Waals surface area contributed by atoms with E-state index in [1.54, 1.807) is 26.3 Å². The molecule has 134 valence electrons. The molecular formula is C18H23N3O4. The van der Waals surface area contributed by atoms with Crippen molar-refractivity contribution in [2.45, 2.75) is 45.3 Å². The maximum atomic E-state index is 12.8. The molecule has 25 heavy (non-hydrogen) atoms. The molecule has 1 fully saturated rings. The van der Waals surface area contributed by atoms with Gasteiger partial charge in [-0.05, 0) is 37.7 Å². The van der Waals surface area contributed by atoms with Crippen molar-refractivity contribution >= 4 is 5.91 Å². The van der Waals surface area contributed by atoms with Crippen LogP contribution in [-0.2, 0) is 6.42 Å². The van der Waals surface area contributed by atoms with E-state index in [-0.39, 0.29) is 24.0 Å². The number of aliphatic hydroxyl groups excluding tert-OH is 1. The first kappa shape index (κ1) is 17.4. The van der Waals surface area contributed by atoms with Crippen molar-refractivity contribution in [2.75, 3.05) is 7.11 Å². The van der Waals surface area contributed by atoms with E-state index in [1.165, 1.54) is 0 Å². The van der Waals surface area contributed by atoms with Crippen molar-refractivity contribution in [3.8, 4) is 5.88 Å². The number of nitrogens with zero attached hydrogens (tertiary/aromatic N) is 2. The number of amides is 1. The summed E-state index contributed by atoms with van der Waals surface area (Å²) in [4.78, 5) is 17.1. The van der Waals surface area contributed by atoms with Crippen LogP contribution in [-0.4, -0.2) is 34.4 Å². The summed E-state index contributed by atoms with van der Waals surface area (Å²) in [6.07, 6.45) is 3.33. The Labute approximate surface area is 146 Å². The molecular weight excluding hydrogens is 322 g/mol. The fourth-order valence-corrected chi connectivity index (χ4v) is 3.24. The van der Waals surface area contributed by atoms with E-state index < -0.39 is 0 Å². The van der Waals surface area contributed by atoms with Gasteiger partial charge in [0, 0.05) is 12.3 Å². The van der Waals surface area contributed by atoms with Gasteiger partial charge in [0.2, 0.25) is 5.88 Å². The number of pyridine rings is 1. The smallest absolute Gasteiger partial charge is 0.257 e. The van der Waals surface area contributed by atoms with Crippen molar-refractivity contribution < 1.29 is 19.2 Å². The first-order valence-electron chi connectivity index (χ1n) is 8.47. The molecule has 0 spiro atoms. The predicted octanol–water partition coefficient (Wildman–Crippen LogP) is 2.19. The maximum absolute atomic E-state index is 12.8. The summed E-state index contributed by atoms with van der Waals surface area (Å²) in [7, 11) is 1.56. The predicted molar refractivity (Wildman–Crippen MR) is 90.3 cm³/mol. The van der Waals surface area contributed by atoms with Gasteiger partial charge in [-0.1, -0.05) is 18.1 Å². The van der Waals surface area contributed by atoms with Crippen molar-refractivity contribution in [3.63, 3.8) is 0 Å². The molecule has 0 aromatic carbocycles. The minimum absolute atomic E-state index is 0.166. The third-order valence-electron chi connectivity index (χ3n) is 4.73. The van der Waals surface area contributed by atoms with Crippen LogP contribution in [0.2, 0.25) is 0 Å². The largest absolute Gasteiger partial charge is 0.481 e. The Kier molecular flexibility index (Phi) is 5.03. The van der Waals surface area contributed by atoms with Gasteiger partial charge >= 0.3 is 0 Å². The van der Waals surface area contributed by atoms with Gasteiger partial charge in [-0.3, -0.25) is 4.79 Å². The second kappa shape index (κ2) is 7.23. The molecule has 0 unspecified atom stereocenters. The molecule has 0 aliphatic heterocycles. The highest BCUT2D eigenvalue weighted by atomic mass is 16.5. The summed E-state index contributed by atoms with van der Waals surface area (Å²) in [5.74, 6) is 0.984. The highest BCUT2D eigenvalue weighted by Crippen LogP contribution is 2.38. The minimum atomic E-state index is -0.306. The van der Waals surface area contributed by atoms with E-state index in [4.69, 9.17) is 9.26 Å². The lowest BCUT2D eigenvalue weighted by Crippen LogP contribution is -2.41. The van der Waals surface area contributed by atoms with Crippen LogP contribution in [0.3, 0.4) is 0 Å². The van der Waals surface area contributed by atoms with Crippen LogP contribution >= 0.6 is 0 Å². The number of aryl methyl sites for hydroxylation is 2. The number of aromatic nitrogens is 2. The number of nitrogens with one attached hydrogen (secondary N) is 1. The molecule has 7 nitrogen and oxygen atoms in total. The van der Waals surface area contributed by atoms with Crippen LogP contribution in [0, 0.1) is 12.8 Å². The van der Waals surface area contributed by atoms with Crippen LogP contribution < -0.4 is 10.1 Å². The van der Waals surface area contributed by atoms with Crippen molar-refractivity contribution in [1.29, 1.82) is 0 Å². The van der Waals surface area contributed by atoms with E-state index in [0.717, 1.165) is 5.56 Å². The van der Waals surface area contributed by atoms with E-state index in [9.17, 15) is 9.90 Å².